The minimum atomic E-state index is -4.49. The van der Waals surface area contributed by atoms with Crippen LogP contribution in [0.3, 0.4) is 0 Å². The molecule has 1 heterocycles. The van der Waals surface area contributed by atoms with E-state index in [9.17, 15) is 18.0 Å². The van der Waals surface area contributed by atoms with Gasteiger partial charge in [0.05, 0.1) is 12.1 Å². The summed E-state index contributed by atoms with van der Waals surface area (Å²) in [6, 6.07) is 2.85. The normalized spacial score (nSPS) is 11.5. The van der Waals surface area contributed by atoms with Gasteiger partial charge >= 0.3 is 12.1 Å². The van der Waals surface area contributed by atoms with Gasteiger partial charge in [0.1, 0.15) is 5.75 Å². The molecule has 1 aromatic carbocycles. The number of aryl methyl sites for hydroxylation is 1. The second-order valence-corrected chi connectivity index (χ2v) is 4.28. The van der Waals surface area contributed by atoms with Gasteiger partial charge in [-0.2, -0.15) is 18.0 Å². The Balaban J connectivity index is 2.40. The number of rotatable bonds is 3. The molecule has 2 rings (SSSR count). The predicted molar refractivity (Wildman–Crippen MR) is 64.4 cm³/mol. The first-order valence-electron chi connectivity index (χ1n) is 5.88. The van der Waals surface area contributed by atoms with Crippen molar-refractivity contribution in [2.75, 3.05) is 0 Å². The van der Waals surface area contributed by atoms with Gasteiger partial charge in [-0.1, -0.05) is 0 Å². The summed E-state index contributed by atoms with van der Waals surface area (Å²) in [4.78, 5) is 12.1. The number of hydrogen-bond acceptors (Lipinski definition) is 5. The molecule has 0 saturated carbocycles. The third-order valence-electron chi connectivity index (χ3n) is 2.51. The highest BCUT2D eigenvalue weighted by Crippen LogP contribution is 2.32. The van der Waals surface area contributed by atoms with Gasteiger partial charge in [-0.05, 0) is 30.3 Å². The number of benzene rings is 1. The molecule has 6 nitrogen and oxygen atoms in total. The largest absolute Gasteiger partial charge is 0.426 e. The summed E-state index contributed by atoms with van der Waals surface area (Å²) in [5, 5.41) is 11.2. The predicted octanol–water partition coefficient (Wildman–Crippen LogP) is 1.97. The van der Waals surface area contributed by atoms with E-state index in [1.54, 1.807) is 6.92 Å². The van der Waals surface area contributed by atoms with E-state index in [4.69, 9.17) is 4.74 Å². The second-order valence-electron chi connectivity index (χ2n) is 4.28. The Morgan fingerprint density at radius 1 is 1.38 bits per heavy atom. The maximum absolute atomic E-state index is 12.7. The highest BCUT2D eigenvalue weighted by molar-refractivity contribution is 5.69. The second kappa shape index (κ2) is 5.51. The Labute approximate surface area is 117 Å². The molecule has 0 bridgehead atoms. The van der Waals surface area contributed by atoms with Crippen LogP contribution in [0.4, 0.5) is 13.2 Å². The van der Waals surface area contributed by atoms with Crippen molar-refractivity contribution in [1.29, 1.82) is 0 Å². The van der Waals surface area contributed by atoms with Gasteiger partial charge in [-0.25, -0.2) is 0 Å². The Morgan fingerprint density at radius 2 is 2.10 bits per heavy atom. The molecule has 0 aliphatic carbocycles. The van der Waals surface area contributed by atoms with E-state index < -0.39 is 17.7 Å². The average molecular weight is 300 g/mol. The first kappa shape index (κ1) is 14.9. The zero-order valence-corrected chi connectivity index (χ0v) is 11.2. The summed E-state index contributed by atoms with van der Waals surface area (Å²) < 4.78 is 43.1. The number of carbonyl (C=O) groups excluding carboxylic acids is 1. The van der Waals surface area contributed by atoms with Gasteiger partial charge < -0.3 is 4.74 Å². The monoisotopic (exact) mass is 300 g/mol. The van der Waals surface area contributed by atoms with Crippen molar-refractivity contribution in [3.8, 4) is 5.75 Å². The van der Waals surface area contributed by atoms with Crippen molar-refractivity contribution in [3.63, 3.8) is 0 Å². The van der Waals surface area contributed by atoms with E-state index >= 15 is 0 Å². The van der Waals surface area contributed by atoms with Crippen molar-refractivity contribution in [2.45, 2.75) is 26.6 Å². The van der Waals surface area contributed by atoms with Crippen molar-refractivity contribution in [1.82, 2.24) is 20.2 Å². The van der Waals surface area contributed by atoms with Crippen molar-refractivity contribution >= 4 is 5.97 Å². The average Bonchev–Trinajstić information content (AvgIpc) is 2.75. The van der Waals surface area contributed by atoms with E-state index in [2.05, 4.69) is 15.4 Å². The zero-order valence-electron chi connectivity index (χ0n) is 11.2. The van der Waals surface area contributed by atoms with Gasteiger partial charge in [0.2, 0.25) is 0 Å². The van der Waals surface area contributed by atoms with Gasteiger partial charge in [0.25, 0.3) is 0 Å². The number of esters is 1. The fourth-order valence-corrected chi connectivity index (χ4v) is 1.68. The summed E-state index contributed by atoms with van der Waals surface area (Å²) >= 11 is 0. The molecule has 0 aliphatic heterocycles. The molecular formula is C12H11F3N4O2. The molecule has 1 aromatic heterocycles. The van der Waals surface area contributed by atoms with Crippen LogP contribution < -0.4 is 4.74 Å². The maximum atomic E-state index is 12.7. The van der Waals surface area contributed by atoms with E-state index in [-0.39, 0.29) is 17.9 Å². The van der Waals surface area contributed by atoms with Gasteiger partial charge in [-0.3, -0.25) is 4.79 Å². The summed E-state index contributed by atoms with van der Waals surface area (Å²) in [6.45, 7) is 2.68. The Kier molecular flexibility index (Phi) is 3.92. The van der Waals surface area contributed by atoms with Crippen LogP contribution in [0.25, 0.3) is 0 Å². The van der Waals surface area contributed by atoms with Crippen molar-refractivity contribution in [2.24, 2.45) is 0 Å². The molecule has 0 amide bonds. The van der Waals surface area contributed by atoms with Crippen LogP contribution in [-0.4, -0.2) is 26.2 Å². The lowest BCUT2D eigenvalue weighted by Crippen LogP contribution is -2.12. The number of aromatic nitrogens is 4. The lowest BCUT2D eigenvalue weighted by Gasteiger charge is -2.12. The number of alkyl halides is 3. The molecule has 0 atom stereocenters. The molecule has 0 fully saturated rings. The number of halogens is 3. The lowest BCUT2D eigenvalue weighted by atomic mass is 10.1. The van der Waals surface area contributed by atoms with Gasteiger partial charge in [0, 0.05) is 12.5 Å². The molecule has 0 spiro atoms. The third kappa shape index (κ3) is 3.77. The van der Waals surface area contributed by atoms with Crippen LogP contribution in [0.1, 0.15) is 23.9 Å². The quantitative estimate of drug-likeness (QED) is 0.640. The molecule has 0 N–H and O–H groups in total. The fraction of sp³-hybridized carbons (Fsp3) is 0.333. The summed E-state index contributed by atoms with van der Waals surface area (Å²) in [7, 11) is 0. The Hall–Kier alpha value is -2.45. The molecule has 0 saturated heterocycles. The highest BCUT2D eigenvalue weighted by Gasteiger charge is 2.31. The number of nitrogens with zero attached hydrogens (tertiary/aromatic N) is 4. The lowest BCUT2D eigenvalue weighted by molar-refractivity contribution is -0.137. The first-order chi connectivity index (χ1) is 9.75. The Bertz CT molecular complexity index is 667. The van der Waals surface area contributed by atoms with E-state index in [0.717, 1.165) is 23.0 Å². The van der Waals surface area contributed by atoms with Crippen molar-refractivity contribution in [3.05, 3.63) is 35.2 Å². The van der Waals surface area contributed by atoms with Crippen LogP contribution in [0.2, 0.25) is 0 Å². The minimum Gasteiger partial charge on any atom is -0.426 e. The van der Waals surface area contributed by atoms with Crippen LogP contribution in [0, 0.1) is 6.92 Å². The smallest absolute Gasteiger partial charge is 0.416 e. The zero-order chi connectivity index (χ0) is 15.6. The van der Waals surface area contributed by atoms with E-state index in [0.29, 0.717) is 5.82 Å². The molecular weight excluding hydrogens is 289 g/mol. The van der Waals surface area contributed by atoms with Gasteiger partial charge in [0.15, 0.2) is 5.82 Å². The number of carbonyl (C=O) groups is 1. The molecule has 9 heteroatoms. The van der Waals surface area contributed by atoms with E-state index in [1.165, 1.54) is 6.92 Å². The minimum absolute atomic E-state index is 0.0328. The standard InChI is InChI=1S/C12H11F3N4O2/c1-7-16-18-19(17-7)6-9-5-10(12(13,14)15)3-4-11(9)21-8(2)20/h3-5H,6H2,1-2H3. The number of tetrazole rings is 1. The van der Waals surface area contributed by atoms with Crippen LogP contribution in [0.15, 0.2) is 18.2 Å². The molecule has 0 aliphatic rings. The van der Waals surface area contributed by atoms with Crippen LogP contribution in [-0.2, 0) is 17.5 Å². The summed E-state index contributed by atoms with van der Waals surface area (Å²) in [5.74, 6) is -0.208. The highest BCUT2D eigenvalue weighted by atomic mass is 19.4. The van der Waals surface area contributed by atoms with E-state index in [1.807, 2.05) is 0 Å². The van der Waals surface area contributed by atoms with Crippen LogP contribution in [0.5, 0.6) is 5.75 Å². The van der Waals surface area contributed by atoms with Crippen LogP contribution >= 0.6 is 0 Å². The number of ether oxygens (including phenoxy) is 1. The fourth-order valence-electron chi connectivity index (χ4n) is 1.68. The molecule has 21 heavy (non-hydrogen) atoms. The molecule has 0 unspecified atom stereocenters. The summed E-state index contributed by atoms with van der Waals surface area (Å²) in [5.41, 5.74) is -0.706. The summed E-state index contributed by atoms with van der Waals surface area (Å²) in [6.07, 6.45) is -4.49. The van der Waals surface area contributed by atoms with Crippen molar-refractivity contribution < 1.29 is 22.7 Å². The molecule has 2 aromatic rings. The van der Waals surface area contributed by atoms with Gasteiger partial charge in [-0.15, -0.1) is 10.2 Å². The first-order valence-corrected chi connectivity index (χ1v) is 5.88. The topological polar surface area (TPSA) is 69.9 Å². The number of hydrogen-bond donors (Lipinski definition) is 0. The Morgan fingerprint density at radius 3 is 2.62 bits per heavy atom. The SMILES string of the molecule is CC(=O)Oc1ccc(C(F)(F)F)cc1Cn1nnc(C)n1. The molecule has 112 valence electrons. The molecule has 0 radical (unpaired) electrons. The maximum Gasteiger partial charge on any atom is 0.416 e. The third-order valence-corrected chi connectivity index (χ3v) is 2.51.